The van der Waals surface area contributed by atoms with Crippen LogP contribution in [0.2, 0.25) is 0 Å². The van der Waals surface area contributed by atoms with Gasteiger partial charge in [-0.15, -0.1) is 0 Å². The van der Waals surface area contributed by atoms with E-state index in [1.54, 1.807) is 30.3 Å². The van der Waals surface area contributed by atoms with Crippen molar-refractivity contribution in [2.24, 2.45) is 0 Å². The first-order chi connectivity index (χ1) is 16.1. The van der Waals surface area contributed by atoms with Crippen LogP contribution >= 0.6 is 12.2 Å². The molecule has 0 atom stereocenters. The van der Waals surface area contributed by atoms with Crippen molar-refractivity contribution in [3.05, 3.63) is 72.3 Å². The third-order valence-electron chi connectivity index (χ3n) is 4.71. The van der Waals surface area contributed by atoms with Crippen molar-refractivity contribution >= 4 is 40.0 Å². The van der Waals surface area contributed by atoms with Gasteiger partial charge in [-0.2, -0.15) is 0 Å². The summed E-state index contributed by atoms with van der Waals surface area (Å²) in [6.07, 6.45) is 0. The number of carbonyl (C=O) groups is 1. The molecule has 1 aromatic heterocycles. The van der Waals surface area contributed by atoms with E-state index in [1.807, 2.05) is 50.2 Å². The van der Waals surface area contributed by atoms with Gasteiger partial charge in [-0.1, -0.05) is 0 Å². The Morgan fingerprint density at radius 3 is 2.21 bits per heavy atom. The van der Waals surface area contributed by atoms with Gasteiger partial charge in [0.15, 0.2) is 10.7 Å². The molecule has 0 radical (unpaired) electrons. The van der Waals surface area contributed by atoms with Gasteiger partial charge in [-0.05, 0) is 92.8 Å². The molecule has 2 N–H and O–H groups in total. The number of anilines is 1. The molecule has 3 aromatic carbocycles. The smallest absolute Gasteiger partial charge is 0.257 e. The van der Waals surface area contributed by atoms with Gasteiger partial charge in [0, 0.05) is 16.8 Å². The minimum Gasteiger partial charge on any atom is -0.494 e. The highest BCUT2D eigenvalue weighted by molar-refractivity contribution is 7.80. The van der Waals surface area contributed by atoms with Gasteiger partial charge in [0.05, 0.1) is 13.2 Å². The minimum atomic E-state index is -0.309. The van der Waals surface area contributed by atoms with E-state index >= 15 is 0 Å². The van der Waals surface area contributed by atoms with Gasteiger partial charge < -0.3 is 19.2 Å². The first kappa shape index (κ1) is 22.3. The number of nitrogens with zero attached hydrogens (tertiary/aromatic N) is 1. The second-order valence-corrected chi connectivity index (χ2v) is 7.43. The number of amides is 1. The molecular weight excluding hydrogens is 438 g/mol. The number of hydrogen-bond acceptors (Lipinski definition) is 6. The van der Waals surface area contributed by atoms with Crippen LogP contribution in [0.1, 0.15) is 24.2 Å². The monoisotopic (exact) mass is 461 g/mol. The second-order valence-electron chi connectivity index (χ2n) is 7.02. The number of ether oxygens (including phenoxy) is 2. The van der Waals surface area contributed by atoms with Crippen LogP contribution in [0.4, 0.5) is 5.69 Å². The Morgan fingerprint density at radius 2 is 1.58 bits per heavy atom. The summed E-state index contributed by atoms with van der Waals surface area (Å²) in [6, 6.07) is 19.9. The zero-order valence-corrected chi connectivity index (χ0v) is 19.1. The number of thiocarbonyl (C=S) groups is 1. The molecule has 0 bridgehead atoms. The lowest BCUT2D eigenvalue weighted by atomic mass is 10.2. The molecule has 0 aliphatic rings. The molecule has 0 fully saturated rings. The van der Waals surface area contributed by atoms with E-state index in [9.17, 15) is 4.79 Å². The van der Waals surface area contributed by atoms with E-state index < -0.39 is 0 Å². The predicted octanol–water partition coefficient (Wildman–Crippen LogP) is 5.42. The average molecular weight is 462 g/mol. The van der Waals surface area contributed by atoms with Crippen LogP contribution in [0.5, 0.6) is 11.5 Å². The van der Waals surface area contributed by atoms with Crippen molar-refractivity contribution in [2.75, 3.05) is 18.5 Å². The molecule has 4 rings (SSSR count). The first-order valence-corrected chi connectivity index (χ1v) is 11.0. The molecule has 1 amide bonds. The standard InChI is InChI=1S/C25H23N3O4S/c1-3-30-19-10-5-16(6-11-19)23(29)28-25(33)26-18-9-14-22-21(15-18)27-24(32-22)17-7-12-20(13-8-17)31-4-2/h5-15H,3-4H2,1-2H3,(H2,26,28,29,33). The number of rotatable bonds is 7. The lowest BCUT2D eigenvalue weighted by Gasteiger charge is -2.10. The molecule has 168 valence electrons. The summed E-state index contributed by atoms with van der Waals surface area (Å²) in [4.78, 5) is 17.0. The molecule has 1 heterocycles. The maximum absolute atomic E-state index is 12.4. The number of carbonyl (C=O) groups excluding carboxylic acids is 1. The Labute approximate surface area is 196 Å². The fourth-order valence-corrected chi connectivity index (χ4v) is 3.41. The van der Waals surface area contributed by atoms with Crippen molar-refractivity contribution in [3.8, 4) is 23.0 Å². The number of aromatic nitrogens is 1. The van der Waals surface area contributed by atoms with E-state index in [2.05, 4.69) is 15.6 Å². The number of benzene rings is 3. The predicted molar refractivity (Wildman–Crippen MR) is 132 cm³/mol. The molecule has 33 heavy (non-hydrogen) atoms. The van der Waals surface area contributed by atoms with Gasteiger partial charge in [0.2, 0.25) is 5.89 Å². The Hall–Kier alpha value is -3.91. The van der Waals surface area contributed by atoms with Gasteiger partial charge in [0.25, 0.3) is 5.91 Å². The second kappa shape index (κ2) is 10.1. The van der Waals surface area contributed by atoms with Gasteiger partial charge in [-0.25, -0.2) is 4.98 Å². The fraction of sp³-hybridized carbons (Fsp3) is 0.160. The van der Waals surface area contributed by atoms with Gasteiger partial charge in [-0.3, -0.25) is 10.1 Å². The Bertz CT molecular complexity index is 1270. The number of oxazole rings is 1. The summed E-state index contributed by atoms with van der Waals surface area (Å²) < 4.78 is 16.7. The topological polar surface area (TPSA) is 85.6 Å². The normalized spacial score (nSPS) is 10.6. The molecule has 0 saturated carbocycles. The molecule has 8 heteroatoms. The third-order valence-corrected chi connectivity index (χ3v) is 4.92. The molecular formula is C25H23N3O4S. The molecule has 0 aliphatic heterocycles. The van der Waals surface area contributed by atoms with Crippen molar-refractivity contribution in [1.29, 1.82) is 0 Å². The van der Waals surface area contributed by atoms with Crippen molar-refractivity contribution < 1.29 is 18.7 Å². The first-order valence-electron chi connectivity index (χ1n) is 10.5. The molecule has 0 unspecified atom stereocenters. The van der Waals surface area contributed by atoms with E-state index in [0.29, 0.717) is 47.2 Å². The van der Waals surface area contributed by atoms with Crippen molar-refractivity contribution in [2.45, 2.75) is 13.8 Å². The molecule has 4 aromatic rings. The van der Waals surface area contributed by atoms with Crippen LogP contribution in [0.3, 0.4) is 0 Å². The zero-order valence-electron chi connectivity index (χ0n) is 18.3. The average Bonchev–Trinajstić information content (AvgIpc) is 3.24. The SMILES string of the molecule is CCOc1ccc(C(=O)NC(=S)Nc2ccc3oc(-c4ccc(OCC)cc4)nc3c2)cc1. The molecule has 0 saturated heterocycles. The summed E-state index contributed by atoms with van der Waals surface area (Å²) in [7, 11) is 0. The number of fused-ring (bicyclic) bond motifs is 1. The molecule has 7 nitrogen and oxygen atoms in total. The maximum Gasteiger partial charge on any atom is 0.257 e. The highest BCUT2D eigenvalue weighted by Gasteiger charge is 2.11. The molecule has 0 aliphatic carbocycles. The van der Waals surface area contributed by atoms with Gasteiger partial charge >= 0.3 is 0 Å². The highest BCUT2D eigenvalue weighted by Crippen LogP contribution is 2.27. The summed E-state index contributed by atoms with van der Waals surface area (Å²) in [5.74, 6) is 1.71. The van der Waals surface area contributed by atoms with Crippen LogP contribution in [-0.2, 0) is 0 Å². The summed E-state index contributed by atoms with van der Waals surface area (Å²) in [5.41, 5.74) is 3.33. The summed E-state index contributed by atoms with van der Waals surface area (Å²) >= 11 is 5.29. The van der Waals surface area contributed by atoms with Crippen LogP contribution in [0.25, 0.3) is 22.6 Å². The number of nitrogens with one attached hydrogen (secondary N) is 2. The van der Waals surface area contributed by atoms with Crippen LogP contribution in [0.15, 0.2) is 71.1 Å². The Morgan fingerprint density at radius 1 is 0.939 bits per heavy atom. The van der Waals surface area contributed by atoms with E-state index in [1.165, 1.54) is 0 Å². The summed E-state index contributed by atoms with van der Waals surface area (Å²) in [5, 5.41) is 5.87. The van der Waals surface area contributed by atoms with E-state index in [4.69, 9.17) is 26.1 Å². The lowest BCUT2D eigenvalue weighted by molar-refractivity contribution is 0.0977. The minimum absolute atomic E-state index is 0.184. The quantitative estimate of drug-likeness (QED) is 0.356. The van der Waals surface area contributed by atoms with Crippen LogP contribution < -0.4 is 20.1 Å². The zero-order chi connectivity index (χ0) is 23.2. The van der Waals surface area contributed by atoms with Crippen LogP contribution in [-0.4, -0.2) is 29.2 Å². The van der Waals surface area contributed by atoms with Crippen LogP contribution in [0, 0.1) is 0 Å². The lowest BCUT2D eigenvalue weighted by Crippen LogP contribution is -2.34. The Kier molecular flexibility index (Phi) is 6.85. The van der Waals surface area contributed by atoms with Crippen molar-refractivity contribution in [3.63, 3.8) is 0 Å². The summed E-state index contributed by atoms with van der Waals surface area (Å²) in [6.45, 7) is 5.03. The highest BCUT2D eigenvalue weighted by atomic mass is 32.1. The fourth-order valence-electron chi connectivity index (χ4n) is 3.20. The maximum atomic E-state index is 12.4. The van der Waals surface area contributed by atoms with Gasteiger partial charge in [0.1, 0.15) is 17.0 Å². The molecule has 0 spiro atoms. The number of hydrogen-bond donors (Lipinski definition) is 2. The largest absolute Gasteiger partial charge is 0.494 e. The van der Waals surface area contributed by atoms with E-state index in [0.717, 1.165) is 11.3 Å². The van der Waals surface area contributed by atoms with E-state index in [-0.39, 0.29) is 11.0 Å². The van der Waals surface area contributed by atoms with Crippen molar-refractivity contribution in [1.82, 2.24) is 10.3 Å². The Balaban J connectivity index is 1.42. The third kappa shape index (κ3) is 5.48.